The van der Waals surface area contributed by atoms with Crippen molar-refractivity contribution in [3.63, 3.8) is 0 Å². The van der Waals surface area contributed by atoms with E-state index in [1.807, 2.05) is 0 Å². The molecule has 2 amide bonds. The van der Waals surface area contributed by atoms with Crippen molar-refractivity contribution in [1.82, 2.24) is 4.90 Å². The molecule has 3 rings (SSSR count). The topological polar surface area (TPSA) is 32.3 Å². The lowest BCUT2D eigenvalue weighted by molar-refractivity contribution is 0.190. The Morgan fingerprint density at radius 2 is 1.46 bits per heavy atom. The smallest absolute Gasteiger partial charge is 0.321 e. The van der Waals surface area contributed by atoms with Crippen molar-refractivity contribution in [3.05, 3.63) is 65.2 Å². The van der Waals surface area contributed by atoms with E-state index >= 15 is 0 Å². The maximum absolute atomic E-state index is 14.0. The Hall–Kier alpha value is -2.29. The Bertz CT molecular complexity index is 886. The molecule has 0 aromatic heterocycles. The lowest BCUT2D eigenvalue weighted by Gasteiger charge is -2.36. The minimum Gasteiger partial charge on any atom is -0.324 e. The van der Waals surface area contributed by atoms with Gasteiger partial charge < -0.3 is 10.2 Å². The summed E-state index contributed by atoms with van der Waals surface area (Å²) in [5.74, 6) is 0.717. The molecule has 0 unspecified atom stereocenters. The zero-order valence-corrected chi connectivity index (χ0v) is 22.9. The third-order valence-corrected chi connectivity index (χ3v) is 7.86. The zero-order valence-electron chi connectivity index (χ0n) is 22.9. The molecule has 1 fully saturated rings. The van der Waals surface area contributed by atoms with E-state index in [0.717, 1.165) is 38.0 Å². The van der Waals surface area contributed by atoms with Crippen LogP contribution in [0.2, 0.25) is 0 Å². The third-order valence-electron chi connectivity index (χ3n) is 7.86. The summed E-state index contributed by atoms with van der Waals surface area (Å²) in [4.78, 5) is 16.1. The number of carbonyl (C=O) groups excluding carboxylic acids is 1. The number of anilines is 1. The summed E-state index contributed by atoms with van der Waals surface area (Å²) < 4.78 is 0. The van der Waals surface area contributed by atoms with Crippen molar-refractivity contribution >= 4 is 11.7 Å². The van der Waals surface area contributed by atoms with Gasteiger partial charge in [0.15, 0.2) is 0 Å². The van der Waals surface area contributed by atoms with Gasteiger partial charge in [-0.25, -0.2) is 4.79 Å². The van der Waals surface area contributed by atoms with E-state index in [4.69, 9.17) is 0 Å². The summed E-state index contributed by atoms with van der Waals surface area (Å²) in [5.41, 5.74) is 4.95. The Morgan fingerprint density at radius 1 is 0.857 bits per heavy atom. The summed E-state index contributed by atoms with van der Waals surface area (Å²) in [5, 5.41) is 3.42. The minimum absolute atomic E-state index is 0.0673. The van der Waals surface area contributed by atoms with Crippen LogP contribution < -0.4 is 5.32 Å². The van der Waals surface area contributed by atoms with E-state index in [2.05, 4.69) is 93.4 Å². The van der Waals surface area contributed by atoms with E-state index < -0.39 is 0 Å². The highest BCUT2D eigenvalue weighted by molar-refractivity contribution is 5.91. The second kappa shape index (κ2) is 13.1. The number of rotatable bonds is 12. The fourth-order valence-electron chi connectivity index (χ4n) is 5.79. The molecule has 1 saturated carbocycles. The van der Waals surface area contributed by atoms with Gasteiger partial charge in [0.25, 0.3) is 0 Å². The second-order valence-electron chi connectivity index (χ2n) is 11.2. The number of nitrogens with one attached hydrogen (secondary N) is 1. The summed E-state index contributed by atoms with van der Waals surface area (Å²) in [6, 6.07) is 17.5. The Morgan fingerprint density at radius 3 is 2.03 bits per heavy atom. The predicted molar refractivity (Wildman–Crippen MR) is 151 cm³/mol. The highest BCUT2D eigenvalue weighted by Crippen LogP contribution is 2.42. The van der Waals surface area contributed by atoms with Gasteiger partial charge in [-0.05, 0) is 47.8 Å². The number of carbonyl (C=O) groups is 1. The van der Waals surface area contributed by atoms with E-state index in [9.17, 15) is 4.79 Å². The second-order valence-corrected chi connectivity index (χ2v) is 11.2. The number of urea groups is 1. The van der Waals surface area contributed by atoms with Crippen molar-refractivity contribution in [2.75, 3.05) is 18.4 Å². The van der Waals surface area contributed by atoms with E-state index in [1.54, 1.807) is 0 Å². The SMILES string of the molecule is CCCCCCCN(CC1(c2ccccc2)CCCC1)C(=O)Nc1c(C(C)C)cccc1C(C)C. The van der Waals surface area contributed by atoms with Crippen LogP contribution in [0.5, 0.6) is 0 Å². The molecular formula is C32H48N2O. The molecule has 1 aliphatic carbocycles. The first-order valence-corrected chi connectivity index (χ1v) is 14.1. The molecule has 0 saturated heterocycles. The standard InChI is InChI=1S/C32H48N2O/c1-6-7-8-9-15-23-34(24-32(21-13-14-22-32)27-17-11-10-12-18-27)31(35)33-30-28(25(2)3)19-16-20-29(30)26(4)5/h10-12,16-20,25-26H,6-9,13-15,21-24H2,1-5H3,(H,33,35). The van der Waals surface area contributed by atoms with Crippen LogP contribution in [0, 0.1) is 0 Å². The van der Waals surface area contributed by atoms with Crippen LogP contribution in [0.25, 0.3) is 0 Å². The Kier molecular flexibility index (Phi) is 10.2. The summed E-state index contributed by atoms with van der Waals surface area (Å²) >= 11 is 0. The van der Waals surface area contributed by atoms with E-state index in [1.165, 1.54) is 55.2 Å². The fraction of sp³-hybridized carbons (Fsp3) is 0.594. The fourth-order valence-corrected chi connectivity index (χ4v) is 5.79. The lowest BCUT2D eigenvalue weighted by atomic mass is 9.78. The van der Waals surface area contributed by atoms with Crippen molar-refractivity contribution in [3.8, 4) is 0 Å². The lowest BCUT2D eigenvalue weighted by Crippen LogP contribution is -2.45. The maximum atomic E-state index is 14.0. The first-order chi connectivity index (χ1) is 16.9. The molecule has 0 bridgehead atoms. The molecule has 3 heteroatoms. The van der Waals surface area contributed by atoms with Crippen LogP contribution in [-0.2, 0) is 5.41 Å². The molecule has 0 spiro atoms. The molecule has 0 aliphatic heterocycles. The van der Waals surface area contributed by atoms with E-state index in [0.29, 0.717) is 11.8 Å². The molecule has 192 valence electrons. The van der Waals surface area contributed by atoms with Crippen LogP contribution >= 0.6 is 0 Å². The molecule has 3 nitrogen and oxygen atoms in total. The molecule has 35 heavy (non-hydrogen) atoms. The zero-order chi connectivity index (χ0) is 25.3. The highest BCUT2D eigenvalue weighted by Gasteiger charge is 2.38. The number of hydrogen-bond acceptors (Lipinski definition) is 1. The van der Waals surface area contributed by atoms with Gasteiger partial charge in [-0.2, -0.15) is 0 Å². The van der Waals surface area contributed by atoms with Crippen molar-refractivity contribution in [1.29, 1.82) is 0 Å². The van der Waals surface area contributed by atoms with Crippen LogP contribution in [0.3, 0.4) is 0 Å². The number of unbranched alkanes of at least 4 members (excludes halogenated alkanes) is 4. The largest absolute Gasteiger partial charge is 0.324 e. The summed E-state index contributed by atoms with van der Waals surface area (Å²) in [7, 11) is 0. The van der Waals surface area contributed by atoms with Gasteiger partial charge in [0.1, 0.15) is 0 Å². The predicted octanol–water partition coefficient (Wildman–Crippen LogP) is 9.25. The summed E-state index contributed by atoms with van der Waals surface area (Å²) in [6.45, 7) is 12.7. The molecule has 0 heterocycles. The van der Waals surface area contributed by atoms with Crippen LogP contribution in [0.1, 0.15) is 121 Å². The maximum Gasteiger partial charge on any atom is 0.321 e. The quantitative estimate of drug-likeness (QED) is 0.304. The average Bonchev–Trinajstić information content (AvgIpc) is 3.33. The molecule has 2 aromatic rings. The Balaban J connectivity index is 1.88. The van der Waals surface area contributed by atoms with Crippen molar-refractivity contribution in [2.45, 2.75) is 110 Å². The molecular weight excluding hydrogens is 428 g/mol. The van der Waals surface area contributed by atoms with Crippen LogP contribution in [-0.4, -0.2) is 24.0 Å². The number of nitrogens with zero attached hydrogens (tertiary/aromatic N) is 1. The Labute approximate surface area is 214 Å². The van der Waals surface area contributed by atoms with Gasteiger partial charge in [0.05, 0.1) is 0 Å². The van der Waals surface area contributed by atoms with Gasteiger partial charge >= 0.3 is 6.03 Å². The first kappa shape index (κ1) is 27.3. The third kappa shape index (κ3) is 7.12. The number of benzene rings is 2. The highest BCUT2D eigenvalue weighted by atomic mass is 16.2. The molecule has 0 atom stereocenters. The van der Waals surface area contributed by atoms with Crippen LogP contribution in [0.15, 0.2) is 48.5 Å². The van der Waals surface area contributed by atoms with Crippen LogP contribution in [0.4, 0.5) is 10.5 Å². The minimum atomic E-state index is 0.0673. The van der Waals surface area contributed by atoms with Gasteiger partial charge in [0.2, 0.25) is 0 Å². The van der Waals surface area contributed by atoms with Gasteiger partial charge in [-0.1, -0.05) is 122 Å². The number of hydrogen-bond donors (Lipinski definition) is 1. The summed E-state index contributed by atoms with van der Waals surface area (Å²) in [6.07, 6.45) is 10.8. The molecule has 1 aliphatic rings. The van der Waals surface area contributed by atoms with Crippen molar-refractivity contribution < 1.29 is 4.79 Å². The molecule has 2 aromatic carbocycles. The van der Waals surface area contributed by atoms with Gasteiger partial charge in [-0.15, -0.1) is 0 Å². The number of amides is 2. The van der Waals surface area contributed by atoms with Gasteiger partial charge in [-0.3, -0.25) is 0 Å². The number of para-hydroxylation sites is 1. The van der Waals surface area contributed by atoms with E-state index in [-0.39, 0.29) is 11.4 Å². The average molecular weight is 477 g/mol. The normalized spacial score (nSPS) is 15.1. The van der Waals surface area contributed by atoms with Gasteiger partial charge in [0, 0.05) is 24.2 Å². The van der Waals surface area contributed by atoms with Crippen molar-refractivity contribution in [2.24, 2.45) is 0 Å². The first-order valence-electron chi connectivity index (χ1n) is 14.1. The monoisotopic (exact) mass is 476 g/mol. The molecule has 0 radical (unpaired) electrons. The molecule has 1 N–H and O–H groups in total.